The highest BCUT2D eigenvalue weighted by Gasteiger charge is 2.12. The van der Waals surface area contributed by atoms with Crippen LogP contribution in [0.25, 0.3) is 4.96 Å². The molecular weight excluding hydrogens is 346 g/mol. The van der Waals surface area contributed by atoms with E-state index in [0.29, 0.717) is 6.04 Å². The summed E-state index contributed by atoms with van der Waals surface area (Å²) in [6.45, 7) is 3.13. The van der Waals surface area contributed by atoms with E-state index in [9.17, 15) is 0 Å². The fourth-order valence-electron chi connectivity index (χ4n) is 2.54. The number of likely N-dealkylation sites (N-methyl/N-ethyl adjacent to an activating group) is 1. The summed E-state index contributed by atoms with van der Waals surface area (Å²) in [7, 11) is 0. The van der Waals surface area contributed by atoms with Crippen LogP contribution in [0.15, 0.2) is 46.5 Å². The lowest BCUT2D eigenvalue weighted by molar-refractivity contribution is 0.517. The van der Waals surface area contributed by atoms with Gasteiger partial charge in [0.15, 0.2) is 4.96 Å². The molecule has 110 valence electrons. The van der Waals surface area contributed by atoms with Crippen molar-refractivity contribution < 1.29 is 0 Å². The molecule has 0 spiro atoms. The fourth-order valence-corrected chi connectivity index (χ4v) is 3.52. The molecule has 1 unspecified atom stereocenters. The standard InChI is InChI=1S/C16H18BrN3S/c1-2-18-14(9-12-3-5-13(17)6-4-12)10-15-11-20-7-8-21-16(20)19-15/h3-8,11,14,18H,2,9-10H2,1H3. The molecule has 2 heterocycles. The Labute approximate surface area is 137 Å². The van der Waals surface area contributed by atoms with E-state index in [1.165, 1.54) is 5.56 Å². The maximum Gasteiger partial charge on any atom is 0.193 e. The average Bonchev–Trinajstić information content (AvgIpc) is 3.02. The van der Waals surface area contributed by atoms with E-state index in [-0.39, 0.29) is 0 Å². The van der Waals surface area contributed by atoms with Crippen molar-refractivity contribution in [1.29, 1.82) is 0 Å². The van der Waals surface area contributed by atoms with Gasteiger partial charge in [-0.1, -0.05) is 35.0 Å². The molecule has 2 aromatic heterocycles. The molecule has 0 aliphatic heterocycles. The molecule has 3 nitrogen and oxygen atoms in total. The molecule has 3 aromatic rings. The Hall–Kier alpha value is -1.17. The van der Waals surface area contributed by atoms with Crippen LogP contribution in [-0.2, 0) is 12.8 Å². The Morgan fingerprint density at radius 3 is 2.81 bits per heavy atom. The first kappa shape index (κ1) is 14.8. The molecule has 1 atom stereocenters. The Balaban J connectivity index is 1.71. The van der Waals surface area contributed by atoms with Gasteiger partial charge < -0.3 is 5.32 Å². The van der Waals surface area contributed by atoms with Crippen LogP contribution >= 0.6 is 27.3 Å². The monoisotopic (exact) mass is 363 g/mol. The number of imidazole rings is 1. The summed E-state index contributed by atoms with van der Waals surface area (Å²) in [5, 5.41) is 5.64. The van der Waals surface area contributed by atoms with Gasteiger partial charge in [0, 0.05) is 34.7 Å². The van der Waals surface area contributed by atoms with Gasteiger partial charge in [-0.2, -0.15) is 0 Å². The Bertz CT molecular complexity index is 673. The van der Waals surface area contributed by atoms with Crippen LogP contribution in [0.3, 0.4) is 0 Å². The van der Waals surface area contributed by atoms with Crippen LogP contribution in [0, 0.1) is 0 Å². The molecule has 0 bridgehead atoms. The second-order valence-electron chi connectivity index (χ2n) is 5.11. The van der Waals surface area contributed by atoms with E-state index < -0.39 is 0 Å². The van der Waals surface area contributed by atoms with Gasteiger partial charge in [-0.15, -0.1) is 11.3 Å². The maximum atomic E-state index is 4.68. The minimum Gasteiger partial charge on any atom is -0.314 e. The summed E-state index contributed by atoms with van der Waals surface area (Å²) in [5.41, 5.74) is 2.51. The number of hydrogen-bond acceptors (Lipinski definition) is 3. The summed E-state index contributed by atoms with van der Waals surface area (Å²) < 4.78 is 3.23. The van der Waals surface area contributed by atoms with Crippen molar-refractivity contribution in [2.24, 2.45) is 0 Å². The lowest BCUT2D eigenvalue weighted by Crippen LogP contribution is -2.33. The van der Waals surface area contributed by atoms with Crippen LogP contribution in [-0.4, -0.2) is 22.0 Å². The summed E-state index contributed by atoms with van der Waals surface area (Å²) in [4.78, 5) is 5.76. The van der Waals surface area contributed by atoms with E-state index in [1.54, 1.807) is 11.3 Å². The van der Waals surface area contributed by atoms with Gasteiger partial charge in [-0.3, -0.25) is 4.40 Å². The van der Waals surface area contributed by atoms with Crippen molar-refractivity contribution in [1.82, 2.24) is 14.7 Å². The van der Waals surface area contributed by atoms with E-state index in [4.69, 9.17) is 0 Å². The topological polar surface area (TPSA) is 29.3 Å². The number of nitrogens with zero attached hydrogens (tertiary/aromatic N) is 2. The maximum absolute atomic E-state index is 4.68. The molecule has 21 heavy (non-hydrogen) atoms. The molecule has 3 rings (SSSR count). The minimum atomic E-state index is 0.417. The summed E-state index contributed by atoms with van der Waals surface area (Å²) >= 11 is 5.16. The van der Waals surface area contributed by atoms with Crippen molar-refractivity contribution >= 4 is 32.2 Å². The molecule has 0 aliphatic rings. The second kappa shape index (κ2) is 6.73. The number of thiazole rings is 1. The zero-order valence-electron chi connectivity index (χ0n) is 11.9. The van der Waals surface area contributed by atoms with Gasteiger partial charge in [0.05, 0.1) is 5.69 Å². The third kappa shape index (κ3) is 3.73. The summed E-state index contributed by atoms with van der Waals surface area (Å²) in [6, 6.07) is 8.98. The number of hydrogen-bond donors (Lipinski definition) is 1. The third-order valence-corrected chi connectivity index (χ3v) is 4.79. The smallest absolute Gasteiger partial charge is 0.193 e. The Morgan fingerprint density at radius 1 is 1.29 bits per heavy atom. The number of halogens is 1. The first-order valence-corrected chi connectivity index (χ1v) is 8.80. The van der Waals surface area contributed by atoms with Crippen molar-refractivity contribution in [3.8, 4) is 0 Å². The minimum absolute atomic E-state index is 0.417. The largest absolute Gasteiger partial charge is 0.314 e. The molecular formula is C16H18BrN3S. The normalized spacial score (nSPS) is 12.9. The van der Waals surface area contributed by atoms with E-state index in [0.717, 1.165) is 34.5 Å². The SMILES string of the molecule is CCNC(Cc1ccc(Br)cc1)Cc1cn2ccsc2n1. The highest BCUT2D eigenvalue weighted by Crippen LogP contribution is 2.15. The molecule has 0 saturated heterocycles. The Morgan fingerprint density at radius 2 is 2.10 bits per heavy atom. The van der Waals surface area contributed by atoms with Gasteiger partial charge in [0.2, 0.25) is 0 Å². The van der Waals surface area contributed by atoms with Gasteiger partial charge in [0.25, 0.3) is 0 Å². The fraction of sp³-hybridized carbons (Fsp3) is 0.312. The summed E-state index contributed by atoms with van der Waals surface area (Å²) in [6.07, 6.45) is 6.18. The third-order valence-electron chi connectivity index (χ3n) is 3.49. The first-order valence-electron chi connectivity index (χ1n) is 7.13. The molecule has 5 heteroatoms. The molecule has 0 amide bonds. The number of fused-ring (bicyclic) bond motifs is 1. The van der Waals surface area contributed by atoms with E-state index in [1.807, 2.05) is 0 Å². The number of nitrogens with one attached hydrogen (secondary N) is 1. The van der Waals surface area contributed by atoms with Crippen LogP contribution in [0.4, 0.5) is 0 Å². The highest BCUT2D eigenvalue weighted by molar-refractivity contribution is 9.10. The molecule has 0 saturated carbocycles. The molecule has 0 fully saturated rings. The van der Waals surface area contributed by atoms with Gasteiger partial charge >= 0.3 is 0 Å². The Kier molecular flexibility index (Phi) is 4.73. The predicted molar refractivity (Wildman–Crippen MR) is 92.1 cm³/mol. The average molecular weight is 364 g/mol. The molecule has 1 N–H and O–H groups in total. The number of rotatable bonds is 6. The highest BCUT2D eigenvalue weighted by atomic mass is 79.9. The van der Waals surface area contributed by atoms with Gasteiger partial charge in [-0.25, -0.2) is 4.98 Å². The van der Waals surface area contributed by atoms with Crippen molar-refractivity contribution in [2.45, 2.75) is 25.8 Å². The molecule has 1 aromatic carbocycles. The lowest BCUT2D eigenvalue weighted by Gasteiger charge is -2.17. The zero-order valence-corrected chi connectivity index (χ0v) is 14.3. The first-order chi connectivity index (χ1) is 10.2. The van der Waals surface area contributed by atoms with Crippen molar-refractivity contribution in [3.05, 3.63) is 57.8 Å². The van der Waals surface area contributed by atoms with E-state index in [2.05, 4.69) is 79.6 Å². The van der Waals surface area contributed by atoms with Gasteiger partial charge in [-0.05, 0) is 30.7 Å². The lowest BCUT2D eigenvalue weighted by atomic mass is 10.0. The van der Waals surface area contributed by atoms with Crippen molar-refractivity contribution in [3.63, 3.8) is 0 Å². The van der Waals surface area contributed by atoms with E-state index >= 15 is 0 Å². The second-order valence-corrected chi connectivity index (χ2v) is 6.90. The van der Waals surface area contributed by atoms with Gasteiger partial charge in [0.1, 0.15) is 0 Å². The predicted octanol–water partition coefficient (Wildman–Crippen LogP) is 3.92. The quantitative estimate of drug-likeness (QED) is 0.718. The zero-order chi connectivity index (χ0) is 14.7. The van der Waals surface area contributed by atoms with Crippen molar-refractivity contribution in [2.75, 3.05) is 6.54 Å². The number of aromatic nitrogens is 2. The van der Waals surface area contributed by atoms with Crippen LogP contribution in [0.1, 0.15) is 18.2 Å². The van der Waals surface area contributed by atoms with Crippen LogP contribution in [0.2, 0.25) is 0 Å². The van der Waals surface area contributed by atoms with Crippen LogP contribution in [0.5, 0.6) is 0 Å². The summed E-state index contributed by atoms with van der Waals surface area (Å²) in [5.74, 6) is 0. The number of benzene rings is 1. The molecule has 0 aliphatic carbocycles. The van der Waals surface area contributed by atoms with Crippen LogP contribution < -0.4 is 5.32 Å². The molecule has 0 radical (unpaired) electrons.